The van der Waals surface area contributed by atoms with Crippen molar-refractivity contribution in [2.24, 2.45) is 5.92 Å². The first-order chi connectivity index (χ1) is 14.2. The van der Waals surface area contributed by atoms with E-state index < -0.39 is 0 Å². The maximum absolute atomic E-state index is 12.7. The van der Waals surface area contributed by atoms with Crippen LogP contribution in [0.1, 0.15) is 75.2 Å². The van der Waals surface area contributed by atoms with Crippen molar-refractivity contribution in [3.8, 4) is 0 Å². The van der Waals surface area contributed by atoms with Gasteiger partial charge in [0.25, 0.3) is 0 Å². The summed E-state index contributed by atoms with van der Waals surface area (Å²) < 4.78 is 1.94. The molecule has 0 amide bonds. The molecule has 1 saturated heterocycles. The maximum Gasteiger partial charge on any atom is 0.326 e. The molecule has 2 aliphatic rings. The molecule has 0 aromatic carbocycles. The number of aromatic nitrogens is 2. The number of nitrogens with one attached hydrogen (secondary N) is 2. The van der Waals surface area contributed by atoms with Gasteiger partial charge < -0.3 is 15.2 Å². The van der Waals surface area contributed by atoms with Crippen LogP contribution in [0.3, 0.4) is 0 Å². The maximum atomic E-state index is 12.7. The molecule has 5 heteroatoms. The molecular weight excluding hydrogens is 360 g/mol. The topological polar surface area (TPSA) is 53.1 Å². The van der Waals surface area contributed by atoms with E-state index in [2.05, 4.69) is 28.4 Å². The number of hydrogen-bond donors (Lipinski definition) is 2. The van der Waals surface area contributed by atoms with Gasteiger partial charge in [-0.15, -0.1) is 0 Å². The van der Waals surface area contributed by atoms with Crippen molar-refractivity contribution in [1.29, 1.82) is 0 Å². The Kier molecular flexibility index (Phi) is 7.99. The Morgan fingerprint density at radius 3 is 2.34 bits per heavy atom. The van der Waals surface area contributed by atoms with Crippen molar-refractivity contribution in [2.45, 2.75) is 63.8 Å². The van der Waals surface area contributed by atoms with Gasteiger partial charge in [-0.05, 0) is 49.8 Å². The molecule has 1 aliphatic carbocycles. The molecule has 160 valence electrons. The molecule has 3 rings (SSSR count). The molecule has 1 aliphatic heterocycles. The lowest BCUT2D eigenvalue weighted by molar-refractivity contribution is 0.150. The smallest absolute Gasteiger partial charge is 0.326 e. The second-order valence-corrected chi connectivity index (χ2v) is 8.60. The second-order valence-electron chi connectivity index (χ2n) is 8.60. The summed E-state index contributed by atoms with van der Waals surface area (Å²) in [7, 11) is 1.87. The normalized spacial score (nSPS) is 20.8. The van der Waals surface area contributed by atoms with Crippen LogP contribution in [0.25, 0.3) is 12.2 Å². The summed E-state index contributed by atoms with van der Waals surface area (Å²) in [4.78, 5) is 18.3. The number of H-pyrrole nitrogens is 1. The van der Waals surface area contributed by atoms with Crippen LogP contribution >= 0.6 is 0 Å². The number of rotatable bonds is 7. The van der Waals surface area contributed by atoms with Crippen molar-refractivity contribution >= 4 is 12.2 Å². The SMILES string of the molecule is C=C/C(=C\c1c(C=C)[nH]c(=O)n1C1CCN(CC2CCCCCCC2)CC1)NC. The molecule has 0 unspecified atom stereocenters. The third-order valence-electron chi connectivity index (χ3n) is 6.66. The third-order valence-corrected chi connectivity index (χ3v) is 6.66. The minimum Gasteiger partial charge on any atom is -0.388 e. The molecule has 1 saturated carbocycles. The van der Waals surface area contributed by atoms with Crippen molar-refractivity contribution in [3.05, 3.63) is 46.8 Å². The van der Waals surface area contributed by atoms with Gasteiger partial charge in [-0.25, -0.2) is 4.79 Å². The number of aromatic amines is 1. The van der Waals surface area contributed by atoms with E-state index in [1.165, 1.54) is 51.5 Å². The Labute approximate surface area is 175 Å². The number of piperidine rings is 1. The van der Waals surface area contributed by atoms with Gasteiger partial charge in [0.2, 0.25) is 0 Å². The van der Waals surface area contributed by atoms with E-state index in [9.17, 15) is 4.79 Å². The zero-order valence-electron chi connectivity index (χ0n) is 18.1. The average Bonchev–Trinajstić information content (AvgIpc) is 3.03. The molecule has 1 aromatic heterocycles. The monoisotopic (exact) mass is 398 g/mol. The molecule has 2 heterocycles. The average molecular weight is 399 g/mol. The highest BCUT2D eigenvalue weighted by molar-refractivity contribution is 5.62. The second kappa shape index (κ2) is 10.7. The number of likely N-dealkylation sites (N-methyl/N-ethyl adjacent to an activating group) is 1. The van der Waals surface area contributed by atoms with Gasteiger partial charge in [0.15, 0.2) is 0 Å². The van der Waals surface area contributed by atoms with Crippen molar-refractivity contribution in [1.82, 2.24) is 19.8 Å². The van der Waals surface area contributed by atoms with Gasteiger partial charge in [0.1, 0.15) is 0 Å². The van der Waals surface area contributed by atoms with Gasteiger partial charge >= 0.3 is 5.69 Å². The zero-order valence-corrected chi connectivity index (χ0v) is 18.1. The van der Waals surface area contributed by atoms with Gasteiger partial charge in [-0.1, -0.05) is 45.3 Å². The fourth-order valence-corrected chi connectivity index (χ4v) is 4.97. The predicted octanol–water partition coefficient (Wildman–Crippen LogP) is 4.56. The van der Waals surface area contributed by atoms with Gasteiger partial charge in [0.05, 0.1) is 11.4 Å². The Morgan fingerprint density at radius 2 is 1.76 bits per heavy atom. The first-order valence-corrected chi connectivity index (χ1v) is 11.4. The third kappa shape index (κ3) is 5.53. The lowest BCUT2D eigenvalue weighted by atomic mass is 9.90. The van der Waals surface area contributed by atoms with E-state index in [4.69, 9.17) is 0 Å². The fourth-order valence-electron chi connectivity index (χ4n) is 4.97. The minimum absolute atomic E-state index is 0.0378. The van der Waals surface area contributed by atoms with Crippen molar-refractivity contribution in [3.63, 3.8) is 0 Å². The summed E-state index contributed by atoms with van der Waals surface area (Å²) in [5.41, 5.74) is 2.53. The van der Waals surface area contributed by atoms with Crippen LogP contribution in [0.5, 0.6) is 0 Å². The molecule has 29 heavy (non-hydrogen) atoms. The first-order valence-electron chi connectivity index (χ1n) is 11.4. The number of nitrogens with zero attached hydrogens (tertiary/aromatic N) is 2. The number of imidazole rings is 1. The molecule has 0 atom stereocenters. The number of hydrogen-bond acceptors (Lipinski definition) is 3. The van der Waals surface area contributed by atoms with Crippen molar-refractivity contribution < 1.29 is 0 Å². The van der Waals surface area contributed by atoms with E-state index in [-0.39, 0.29) is 11.7 Å². The molecule has 0 spiro atoms. The van der Waals surface area contributed by atoms with E-state index in [1.54, 1.807) is 12.2 Å². The van der Waals surface area contributed by atoms with Gasteiger partial charge in [0, 0.05) is 38.4 Å². The van der Waals surface area contributed by atoms with Crippen molar-refractivity contribution in [2.75, 3.05) is 26.7 Å². The summed E-state index contributed by atoms with van der Waals surface area (Å²) in [6.45, 7) is 11.1. The van der Waals surface area contributed by atoms with E-state index in [0.29, 0.717) is 0 Å². The fraction of sp³-hybridized carbons (Fsp3) is 0.625. The molecule has 0 bridgehead atoms. The van der Waals surface area contributed by atoms with Gasteiger partial charge in [-0.3, -0.25) is 4.57 Å². The molecule has 1 aromatic rings. The molecule has 0 radical (unpaired) electrons. The Bertz CT molecular complexity index is 756. The van der Waals surface area contributed by atoms with Crippen LogP contribution in [0, 0.1) is 5.92 Å². The standard InChI is InChI=1S/C24H38N4O/c1-4-20(25-3)17-23-22(5-2)26-24(29)28(23)21-13-15-27(16-14-21)18-19-11-9-7-6-8-10-12-19/h4-5,17,19,21,25H,1-2,6-16,18H2,3H3,(H,26,29)/b20-17+. The largest absolute Gasteiger partial charge is 0.388 e. The first kappa shape index (κ1) is 21.7. The predicted molar refractivity (Wildman–Crippen MR) is 123 cm³/mol. The van der Waals surface area contributed by atoms with Gasteiger partial charge in [-0.2, -0.15) is 0 Å². The van der Waals surface area contributed by atoms with Crippen LogP contribution in [-0.4, -0.2) is 41.1 Å². The lowest BCUT2D eigenvalue weighted by Crippen LogP contribution is -2.39. The Hall–Kier alpha value is -2.01. The molecule has 2 N–H and O–H groups in total. The summed E-state index contributed by atoms with van der Waals surface area (Å²) in [6, 6.07) is 0.232. The number of likely N-dealkylation sites (tertiary alicyclic amines) is 1. The van der Waals surface area contributed by atoms with Crippen LogP contribution in [0.15, 0.2) is 29.7 Å². The molecular formula is C24H38N4O. The summed E-state index contributed by atoms with van der Waals surface area (Å²) in [5.74, 6) is 0.860. The van der Waals surface area contributed by atoms with Crippen LogP contribution in [-0.2, 0) is 0 Å². The van der Waals surface area contributed by atoms with E-state index in [0.717, 1.165) is 48.9 Å². The van der Waals surface area contributed by atoms with Crippen LogP contribution in [0.2, 0.25) is 0 Å². The Morgan fingerprint density at radius 1 is 1.10 bits per heavy atom. The molecule has 5 nitrogen and oxygen atoms in total. The summed E-state index contributed by atoms with van der Waals surface area (Å²) in [6.07, 6.45) is 17.4. The summed E-state index contributed by atoms with van der Waals surface area (Å²) >= 11 is 0. The summed E-state index contributed by atoms with van der Waals surface area (Å²) in [5, 5.41) is 3.12. The lowest BCUT2D eigenvalue weighted by Gasteiger charge is -2.35. The number of allylic oxidation sites excluding steroid dienone is 1. The highest BCUT2D eigenvalue weighted by Gasteiger charge is 2.26. The van der Waals surface area contributed by atoms with E-state index in [1.807, 2.05) is 17.7 Å². The highest BCUT2D eigenvalue weighted by atomic mass is 16.1. The minimum atomic E-state index is -0.0378. The van der Waals surface area contributed by atoms with Crippen LogP contribution in [0.4, 0.5) is 0 Å². The quantitative estimate of drug-likeness (QED) is 0.662. The molecule has 2 fully saturated rings. The van der Waals surface area contributed by atoms with Crippen LogP contribution < -0.4 is 11.0 Å². The van der Waals surface area contributed by atoms with E-state index >= 15 is 0 Å². The zero-order chi connectivity index (χ0) is 20.6. The Balaban J connectivity index is 1.68. The highest BCUT2D eigenvalue weighted by Crippen LogP contribution is 2.28.